The van der Waals surface area contributed by atoms with Crippen LogP contribution in [0.2, 0.25) is 0 Å². The van der Waals surface area contributed by atoms with E-state index in [2.05, 4.69) is 19.9 Å². The van der Waals surface area contributed by atoms with Crippen LogP contribution in [-0.4, -0.2) is 5.78 Å². The normalized spacial score (nSPS) is 23.1. The van der Waals surface area contributed by atoms with Gasteiger partial charge in [0.1, 0.15) is 5.78 Å². The second-order valence-corrected chi connectivity index (χ2v) is 4.54. The van der Waals surface area contributed by atoms with Crippen molar-refractivity contribution in [3.8, 4) is 0 Å². The van der Waals surface area contributed by atoms with Crippen molar-refractivity contribution in [3.05, 3.63) is 11.6 Å². The lowest BCUT2D eigenvalue weighted by molar-refractivity contribution is -0.120. The lowest BCUT2D eigenvalue weighted by Crippen LogP contribution is -2.14. The fourth-order valence-corrected chi connectivity index (χ4v) is 1.97. The van der Waals surface area contributed by atoms with E-state index < -0.39 is 0 Å². The van der Waals surface area contributed by atoms with Gasteiger partial charge in [-0.2, -0.15) is 0 Å². The van der Waals surface area contributed by atoms with Gasteiger partial charge in [0.15, 0.2) is 0 Å². The van der Waals surface area contributed by atoms with Crippen molar-refractivity contribution in [2.24, 2.45) is 11.8 Å². The molecule has 0 radical (unpaired) electrons. The summed E-state index contributed by atoms with van der Waals surface area (Å²) in [6.07, 6.45) is 6.70. The zero-order valence-corrected chi connectivity index (χ0v) is 8.97. The second-order valence-electron chi connectivity index (χ2n) is 4.54. The highest BCUT2D eigenvalue weighted by Gasteiger charge is 2.18. The van der Waals surface area contributed by atoms with Gasteiger partial charge in [0.2, 0.25) is 0 Å². The smallest absolute Gasteiger partial charge is 0.133 e. The van der Waals surface area contributed by atoms with E-state index in [-0.39, 0.29) is 0 Å². The standard InChI is InChI=1S/C12H20O/c1-9(2)8-11-4-6-12(7-5-11)10(3)13/h4,9,12H,5-8H2,1-3H3. The van der Waals surface area contributed by atoms with Crippen LogP contribution in [0.4, 0.5) is 0 Å². The van der Waals surface area contributed by atoms with E-state index in [1.807, 2.05) is 0 Å². The number of ketones is 1. The number of hydrogen-bond donors (Lipinski definition) is 0. The minimum atomic E-state index is 0.316. The van der Waals surface area contributed by atoms with Gasteiger partial charge in [0, 0.05) is 5.92 Å². The maximum atomic E-state index is 11.1. The summed E-state index contributed by atoms with van der Waals surface area (Å²) in [4.78, 5) is 11.1. The molecule has 1 atom stereocenters. The Labute approximate surface area is 81.2 Å². The molecule has 1 rings (SSSR count). The largest absolute Gasteiger partial charge is 0.300 e. The van der Waals surface area contributed by atoms with Gasteiger partial charge in [-0.25, -0.2) is 0 Å². The van der Waals surface area contributed by atoms with E-state index in [1.54, 1.807) is 12.5 Å². The van der Waals surface area contributed by atoms with E-state index in [0.29, 0.717) is 11.7 Å². The molecule has 1 heteroatoms. The molecule has 0 bridgehead atoms. The summed E-state index contributed by atoms with van der Waals surface area (Å²) in [6.45, 7) is 6.21. The van der Waals surface area contributed by atoms with Crippen molar-refractivity contribution in [2.75, 3.05) is 0 Å². The predicted molar refractivity (Wildman–Crippen MR) is 55.6 cm³/mol. The Bertz CT molecular complexity index is 213. The van der Waals surface area contributed by atoms with Gasteiger partial charge < -0.3 is 0 Å². The molecule has 0 aromatic rings. The van der Waals surface area contributed by atoms with Gasteiger partial charge in [-0.15, -0.1) is 0 Å². The molecule has 1 unspecified atom stereocenters. The SMILES string of the molecule is CC(=O)C1CC=C(CC(C)C)CC1. The molecule has 1 nitrogen and oxygen atoms in total. The van der Waals surface area contributed by atoms with E-state index >= 15 is 0 Å². The Morgan fingerprint density at radius 3 is 2.69 bits per heavy atom. The molecule has 0 fully saturated rings. The molecule has 13 heavy (non-hydrogen) atoms. The lowest BCUT2D eigenvalue weighted by Gasteiger charge is -2.20. The van der Waals surface area contributed by atoms with Gasteiger partial charge in [-0.05, 0) is 38.5 Å². The van der Waals surface area contributed by atoms with E-state index in [1.165, 1.54) is 6.42 Å². The van der Waals surface area contributed by atoms with E-state index in [4.69, 9.17) is 0 Å². The average Bonchev–Trinajstić information content (AvgIpc) is 2.04. The van der Waals surface area contributed by atoms with Gasteiger partial charge in [0.25, 0.3) is 0 Å². The Kier molecular flexibility index (Phi) is 3.71. The van der Waals surface area contributed by atoms with Crippen LogP contribution in [-0.2, 0) is 4.79 Å². The molecule has 0 N–H and O–H groups in total. The fraction of sp³-hybridized carbons (Fsp3) is 0.750. The van der Waals surface area contributed by atoms with Gasteiger partial charge in [-0.1, -0.05) is 25.5 Å². The predicted octanol–water partition coefficient (Wildman–Crippen LogP) is 3.35. The molecule has 0 amide bonds. The quantitative estimate of drug-likeness (QED) is 0.609. The van der Waals surface area contributed by atoms with Crippen LogP contribution in [0.25, 0.3) is 0 Å². The summed E-state index contributed by atoms with van der Waals surface area (Å²) in [5, 5.41) is 0. The molecule has 1 aliphatic carbocycles. The molecule has 0 aromatic heterocycles. The average molecular weight is 180 g/mol. The fourth-order valence-electron chi connectivity index (χ4n) is 1.97. The van der Waals surface area contributed by atoms with E-state index in [0.717, 1.165) is 25.2 Å². The topological polar surface area (TPSA) is 17.1 Å². The van der Waals surface area contributed by atoms with Crippen LogP contribution in [0.5, 0.6) is 0 Å². The number of carbonyl (C=O) groups excluding carboxylic acids is 1. The van der Waals surface area contributed by atoms with Crippen LogP contribution < -0.4 is 0 Å². The third kappa shape index (κ3) is 3.33. The third-order valence-electron chi connectivity index (χ3n) is 2.75. The molecule has 0 saturated heterocycles. The number of allylic oxidation sites excluding steroid dienone is 2. The molecule has 0 aliphatic heterocycles. The van der Waals surface area contributed by atoms with Crippen molar-refractivity contribution < 1.29 is 4.79 Å². The number of carbonyl (C=O) groups is 1. The molecule has 0 saturated carbocycles. The summed E-state index contributed by atoms with van der Waals surface area (Å²) in [7, 11) is 0. The van der Waals surface area contributed by atoms with Crippen molar-refractivity contribution in [2.45, 2.75) is 46.5 Å². The zero-order chi connectivity index (χ0) is 9.84. The molecule has 0 heterocycles. The highest BCUT2D eigenvalue weighted by atomic mass is 16.1. The Balaban J connectivity index is 2.43. The lowest BCUT2D eigenvalue weighted by atomic mass is 9.84. The first-order valence-electron chi connectivity index (χ1n) is 5.28. The van der Waals surface area contributed by atoms with Crippen LogP contribution >= 0.6 is 0 Å². The summed E-state index contributed by atoms with van der Waals surface area (Å²) >= 11 is 0. The van der Waals surface area contributed by atoms with Crippen molar-refractivity contribution in [3.63, 3.8) is 0 Å². The second kappa shape index (κ2) is 4.59. The zero-order valence-electron chi connectivity index (χ0n) is 8.97. The van der Waals surface area contributed by atoms with E-state index in [9.17, 15) is 4.79 Å². The molecule has 0 spiro atoms. The maximum absolute atomic E-state index is 11.1. The first-order valence-corrected chi connectivity index (χ1v) is 5.28. The summed E-state index contributed by atoms with van der Waals surface area (Å²) in [6, 6.07) is 0. The van der Waals surface area contributed by atoms with Crippen molar-refractivity contribution >= 4 is 5.78 Å². The van der Waals surface area contributed by atoms with Crippen molar-refractivity contribution in [1.82, 2.24) is 0 Å². The molecular weight excluding hydrogens is 160 g/mol. The highest BCUT2D eigenvalue weighted by molar-refractivity contribution is 5.78. The maximum Gasteiger partial charge on any atom is 0.133 e. The summed E-state index contributed by atoms with van der Waals surface area (Å²) < 4.78 is 0. The first-order chi connectivity index (χ1) is 6.09. The van der Waals surface area contributed by atoms with Crippen molar-refractivity contribution in [1.29, 1.82) is 0 Å². The number of hydrogen-bond acceptors (Lipinski definition) is 1. The highest BCUT2D eigenvalue weighted by Crippen LogP contribution is 2.27. The van der Waals surface area contributed by atoms with Crippen LogP contribution in [0.3, 0.4) is 0 Å². The van der Waals surface area contributed by atoms with Crippen LogP contribution in [0, 0.1) is 11.8 Å². The molecular formula is C12H20O. The Morgan fingerprint density at radius 1 is 1.62 bits per heavy atom. The Morgan fingerprint density at radius 2 is 2.31 bits per heavy atom. The van der Waals surface area contributed by atoms with Gasteiger partial charge in [-0.3, -0.25) is 4.79 Å². The molecule has 74 valence electrons. The van der Waals surface area contributed by atoms with Crippen LogP contribution in [0.1, 0.15) is 46.5 Å². The first kappa shape index (κ1) is 10.5. The van der Waals surface area contributed by atoms with Gasteiger partial charge >= 0.3 is 0 Å². The molecule has 0 aromatic carbocycles. The number of Topliss-reactive ketones (excluding diaryl/α,β-unsaturated/α-hetero) is 1. The third-order valence-corrected chi connectivity index (χ3v) is 2.75. The molecule has 1 aliphatic rings. The number of rotatable bonds is 3. The minimum Gasteiger partial charge on any atom is -0.300 e. The Hall–Kier alpha value is -0.590. The minimum absolute atomic E-state index is 0.316. The van der Waals surface area contributed by atoms with Crippen LogP contribution in [0.15, 0.2) is 11.6 Å². The monoisotopic (exact) mass is 180 g/mol. The summed E-state index contributed by atoms with van der Waals surface area (Å²) in [5.74, 6) is 1.43. The van der Waals surface area contributed by atoms with Gasteiger partial charge in [0.05, 0.1) is 0 Å². The summed E-state index contributed by atoms with van der Waals surface area (Å²) in [5.41, 5.74) is 1.56.